The molecule has 0 atom stereocenters. The fraction of sp³-hybridized carbons (Fsp3) is 0. The third-order valence-electron chi connectivity index (χ3n) is 2.49. The van der Waals surface area contributed by atoms with Gasteiger partial charge in [0.05, 0.1) is 0 Å². The molecule has 0 bridgehead atoms. The molecule has 0 amide bonds. The molecule has 0 unspecified atom stereocenters. The molecule has 1 aromatic heterocycles. The van der Waals surface area contributed by atoms with Gasteiger partial charge in [0.15, 0.2) is 5.76 Å². The van der Waals surface area contributed by atoms with Crippen molar-refractivity contribution in [1.82, 2.24) is 0 Å². The smallest absolute Gasteiger partial charge is 0.384 e. The van der Waals surface area contributed by atoms with Crippen LogP contribution in [0.2, 0.25) is 0 Å². The van der Waals surface area contributed by atoms with Crippen molar-refractivity contribution in [1.29, 1.82) is 0 Å². The first-order valence-corrected chi connectivity index (χ1v) is 4.85. The third kappa shape index (κ3) is 1.32. The number of hydrogen-bond acceptors (Lipinski definition) is 5. The molecule has 0 fully saturated rings. The van der Waals surface area contributed by atoms with Gasteiger partial charge in [-0.15, -0.1) is 0 Å². The van der Waals surface area contributed by atoms with E-state index in [0.29, 0.717) is 11.0 Å². The second kappa shape index (κ2) is 3.21. The van der Waals surface area contributed by atoms with Crippen LogP contribution in [-0.4, -0.2) is 16.9 Å². The van der Waals surface area contributed by atoms with Gasteiger partial charge in [0.2, 0.25) is 0 Å². The highest BCUT2D eigenvalue weighted by Crippen LogP contribution is 2.37. The second-order valence-corrected chi connectivity index (χ2v) is 3.54. The number of ether oxygens (including phenoxy) is 1. The summed E-state index contributed by atoms with van der Waals surface area (Å²) in [6, 6.07) is 6.86. The summed E-state index contributed by atoms with van der Waals surface area (Å²) < 4.78 is 9.85. The van der Waals surface area contributed by atoms with Crippen LogP contribution in [0.5, 0.6) is 5.95 Å². The van der Waals surface area contributed by atoms with Gasteiger partial charge < -0.3 is 14.3 Å². The van der Waals surface area contributed by atoms with E-state index in [1.54, 1.807) is 24.3 Å². The molecule has 1 aromatic carbocycles. The normalized spacial score (nSPS) is 15.2. The minimum absolute atomic E-state index is 0.0162. The average Bonchev–Trinajstić information content (AvgIpc) is 2.78. The maximum atomic E-state index is 11.1. The van der Waals surface area contributed by atoms with Crippen LogP contribution in [-0.2, 0) is 14.3 Å². The van der Waals surface area contributed by atoms with Crippen molar-refractivity contribution in [3.05, 3.63) is 35.9 Å². The van der Waals surface area contributed by atoms with E-state index in [1.807, 2.05) is 0 Å². The zero-order valence-corrected chi connectivity index (χ0v) is 8.47. The molecule has 1 aliphatic heterocycles. The van der Waals surface area contributed by atoms with Gasteiger partial charge in [-0.05, 0) is 6.07 Å². The number of carbonyl (C=O) groups excluding carboxylic acids is 2. The number of rotatable bonds is 1. The Bertz CT molecular complexity index is 677. The van der Waals surface area contributed by atoms with Gasteiger partial charge in [0.1, 0.15) is 11.1 Å². The van der Waals surface area contributed by atoms with E-state index in [-0.39, 0.29) is 17.3 Å². The summed E-state index contributed by atoms with van der Waals surface area (Å²) in [6.07, 6.45) is 1.04. The molecule has 0 saturated heterocycles. The Morgan fingerprint density at radius 3 is 2.59 bits per heavy atom. The lowest BCUT2D eigenvalue weighted by Gasteiger charge is -1.98. The first-order valence-electron chi connectivity index (χ1n) is 4.85. The standard InChI is InChI=1S/C12H6O5/c13-7-5-9(17-11(7)14)10-6-3-1-2-4-8(6)16-12(10)15/h1-5,15H. The third-order valence-corrected chi connectivity index (χ3v) is 2.49. The van der Waals surface area contributed by atoms with Gasteiger partial charge in [0.25, 0.3) is 11.7 Å². The Labute approximate surface area is 94.9 Å². The molecular weight excluding hydrogens is 224 g/mol. The maximum Gasteiger partial charge on any atom is 0.384 e. The van der Waals surface area contributed by atoms with Crippen LogP contribution in [0, 0.1) is 0 Å². The summed E-state index contributed by atoms with van der Waals surface area (Å²) in [4.78, 5) is 22.1. The molecule has 3 rings (SSSR count). The number of carbonyl (C=O) groups is 2. The number of benzene rings is 1. The fourth-order valence-corrected chi connectivity index (χ4v) is 1.75. The Kier molecular flexibility index (Phi) is 1.82. The zero-order chi connectivity index (χ0) is 12.0. The highest BCUT2D eigenvalue weighted by Gasteiger charge is 2.29. The summed E-state index contributed by atoms with van der Waals surface area (Å²) in [5.74, 6) is -2.06. The van der Waals surface area contributed by atoms with Crippen LogP contribution < -0.4 is 0 Å². The highest BCUT2D eigenvalue weighted by atomic mass is 16.6. The molecule has 0 aliphatic carbocycles. The summed E-state index contributed by atoms with van der Waals surface area (Å²) in [7, 11) is 0. The van der Waals surface area contributed by atoms with Crippen LogP contribution in [0.4, 0.5) is 0 Å². The summed E-state index contributed by atoms with van der Waals surface area (Å²) >= 11 is 0. The predicted molar refractivity (Wildman–Crippen MR) is 57.0 cm³/mol. The molecule has 1 aliphatic rings. The van der Waals surface area contributed by atoms with E-state index in [4.69, 9.17) is 9.15 Å². The number of ketones is 1. The Morgan fingerprint density at radius 2 is 1.88 bits per heavy atom. The van der Waals surface area contributed by atoms with Gasteiger partial charge in [-0.3, -0.25) is 4.79 Å². The Morgan fingerprint density at radius 1 is 1.12 bits per heavy atom. The number of esters is 1. The van der Waals surface area contributed by atoms with E-state index >= 15 is 0 Å². The molecule has 17 heavy (non-hydrogen) atoms. The number of furan rings is 1. The van der Waals surface area contributed by atoms with E-state index < -0.39 is 11.8 Å². The molecule has 2 heterocycles. The predicted octanol–water partition coefficient (Wildman–Crippen LogP) is 1.61. The van der Waals surface area contributed by atoms with Crippen molar-refractivity contribution in [2.45, 2.75) is 0 Å². The topological polar surface area (TPSA) is 76.7 Å². The summed E-state index contributed by atoms with van der Waals surface area (Å²) in [5.41, 5.74) is 0.677. The first-order chi connectivity index (χ1) is 8.16. The molecule has 84 valence electrons. The highest BCUT2D eigenvalue weighted by molar-refractivity contribution is 6.43. The van der Waals surface area contributed by atoms with E-state index in [1.165, 1.54) is 0 Å². The first kappa shape index (κ1) is 9.65. The molecule has 0 saturated carbocycles. The van der Waals surface area contributed by atoms with Crippen molar-refractivity contribution in [3.63, 3.8) is 0 Å². The van der Waals surface area contributed by atoms with Crippen LogP contribution in [0.3, 0.4) is 0 Å². The number of para-hydroxylation sites is 1. The van der Waals surface area contributed by atoms with Gasteiger partial charge in [-0.1, -0.05) is 18.2 Å². The van der Waals surface area contributed by atoms with Crippen LogP contribution in [0.15, 0.2) is 34.8 Å². The van der Waals surface area contributed by atoms with Crippen molar-refractivity contribution < 1.29 is 23.8 Å². The minimum atomic E-state index is -0.954. The second-order valence-electron chi connectivity index (χ2n) is 3.54. The maximum absolute atomic E-state index is 11.1. The average molecular weight is 230 g/mol. The molecule has 0 spiro atoms. The SMILES string of the molecule is O=C1C=C(c2c(O)oc3ccccc23)OC1=O. The molecule has 2 aromatic rings. The minimum Gasteiger partial charge on any atom is -0.480 e. The molecule has 5 nitrogen and oxygen atoms in total. The zero-order valence-electron chi connectivity index (χ0n) is 8.47. The summed E-state index contributed by atoms with van der Waals surface area (Å²) in [5, 5.41) is 10.2. The quantitative estimate of drug-likeness (QED) is 0.594. The van der Waals surface area contributed by atoms with Crippen molar-refractivity contribution in [2.75, 3.05) is 0 Å². The largest absolute Gasteiger partial charge is 0.480 e. The van der Waals surface area contributed by atoms with Crippen molar-refractivity contribution in [3.8, 4) is 5.95 Å². The Balaban J connectivity index is 2.25. The fourth-order valence-electron chi connectivity index (χ4n) is 1.75. The number of fused-ring (bicyclic) bond motifs is 1. The lowest BCUT2D eigenvalue weighted by Crippen LogP contribution is -2.05. The van der Waals surface area contributed by atoms with Crippen LogP contribution in [0.1, 0.15) is 5.56 Å². The summed E-state index contributed by atoms with van der Waals surface area (Å²) in [6.45, 7) is 0. The lowest BCUT2D eigenvalue weighted by atomic mass is 10.1. The molecule has 1 N–H and O–H groups in total. The van der Waals surface area contributed by atoms with Crippen molar-refractivity contribution in [2.24, 2.45) is 0 Å². The van der Waals surface area contributed by atoms with Crippen molar-refractivity contribution >= 4 is 28.5 Å². The Hall–Kier alpha value is -2.56. The number of aromatic hydroxyl groups is 1. The number of cyclic esters (lactones) is 1. The molecular formula is C12H6O5. The van der Waals surface area contributed by atoms with Gasteiger partial charge in [0, 0.05) is 11.5 Å². The van der Waals surface area contributed by atoms with Gasteiger partial charge >= 0.3 is 5.97 Å². The molecule has 5 heteroatoms. The van der Waals surface area contributed by atoms with Gasteiger partial charge in [-0.2, -0.15) is 0 Å². The lowest BCUT2D eigenvalue weighted by molar-refractivity contribution is -0.144. The van der Waals surface area contributed by atoms with Crippen LogP contribution in [0.25, 0.3) is 16.7 Å². The van der Waals surface area contributed by atoms with E-state index in [2.05, 4.69) is 0 Å². The number of hydrogen-bond donors (Lipinski definition) is 1. The van der Waals surface area contributed by atoms with E-state index in [0.717, 1.165) is 6.08 Å². The monoisotopic (exact) mass is 230 g/mol. The molecule has 0 radical (unpaired) electrons. The van der Waals surface area contributed by atoms with E-state index in [9.17, 15) is 14.7 Å². The van der Waals surface area contributed by atoms with Gasteiger partial charge in [-0.25, -0.2) is 4.79 Å². The van der Waals surface area contributed by atoms with Crippen LogP contribution >= 0.6 is 0 Å².